The summed E-state index contributed by atoms with van der Waals surface area (Å²) in [4.78, 5) is 20.4. The number of rotatable bonds is 1. The van der Waals surface area contributed by atoms with Crippen LogP contribution in [-0.2, 0) is 0 Å². The van der Waals surface area contributed by atoms with Gasteiger partial charge in [0.2, 0.25) is 0 Å². The third-order valence-electron chi connectivity index (χ3n) is 2.72. The van der Waals surface area contributed by atoms with Gasteiger partial charge in [0.05, 0.1) is 11.2 Å². The number of halogens is 1. The monoisotopic (exact) mass is 232 g/mol. The molecule has 0 fully saturated rings. The summed E-state index contributed by atoms with van der Waals surface area (Å²) in [5.41, 5.74) is 1.49. The van der Waals surface area contributed by atoms with Gasteiger partial charge in [-0.15, -0.1) is 0 Å². The highest BCUT2D eigenvalue weighted by molar-refractivity contribution is 6.09. The van der Waals surface area contributed by atoms with E-state index in [2.05, 4.69) is 20.3 Å². The fourth-order valence-electron chi connectivity index (χ4n) is 1.97. The fourth-order valence-corrected chi connectivity index (χ4v) is 1.97. The van der Waals surface area contributed by atoms with E-state index in [1.54, 1.807) is 7.05 Å². The zero-order chi connectivity index (χ0) is 12.0. The van der Waals surface area contributed by atoms with Crippen LogP contribution in [0.2, 0.25) is 0 Å². The maximum Gasteiger partial charge on any atom is 0.346 e. The molecule has 0 unspecified atom stereocenters. The van der Waals surface area contributed by atoms with E-state index in [1.165, 1.54) is 18.3 Å². The largest absolute Gasteiger partial charge is 0.386 e. The highest BCUT2D eigenvalue weighted by Crippen LogP contribution is 2.29. The second kappa shape index (κ2) is 3.31. The summed E-state index contributed by atoms with van der Waals surface area (Å²) in [7, 11) is 1.71. The first kappa shape index (κ1) is 9.83. The Morgan fingerprint density at radius 3 is 2.88 bits per heavy atom. The number of anilines is 1. The molecule has 0 radical (unpaired) electrons. The smallest absolute Gasteiger partial charge is 0.346 e. The third-order valence-corrected chi connectivity index (χ3v) is 2.72. The highest BCUT2D eigenvalue weighted by Gasteiger charge is 2.10. The topological polar surface area (TPSA) is 73.6 Å². The van der Waals surface area contributed by atoms with Crippen molar-refractivity contribution < 1.29 is 4.39 Å². The number of aromatic nitrogens is 3. The van der Waals surface area contributed by atoms with E-state index < -0.39 is 5.69 Å². The molecule has 0 spiro atoms. The lowest BCUT2D eigenvalue weighted by molar-refractivity contribution is 0.630. The van der Waals surface area contributed by atoms with Crippen LogP contribution in [0.3, 0.4) is 0 Å². The molecule has 3 N–H and O–H groups in total. The summed E-state index contributed by atoms with van der Waals surface area (Å²) in [6.07, 6.45) is 1.44. The van der Waals surface area contributed by atoms with Gasteiger partial charge in [-0.25, -0.2) is 14.2 Å². The van der Waals surface area contributed by atoms with E-state index in [9.17, 15) is 9.18 Å². The Bertz CT molecular complexity index is 774. The molecule has 86 valence electrons. The van der Waals surface area contributed by atoms with Crippen LogP contribution in [0.15, 0.2) is 23.1 Å². The van der Waals surface area contributed by atoms with Gasteiger partial charge in [0, 0.05) is 24.0 Å². The predicted octanol–water partition coefficient (Wildman–Crippen LogP) is 1.59. The molecule has 0 atom stereocenters. The lowest BCUT2D eigenvalue weighted by atomic mass is 10.2. The van der Waals surface area contributed by atoms with Crippen molar-refractivity contribution >= 4 is 27.6 Å². The van der Waals surface area contributed by atoms with Gasteiger partial charge < -0.3 is 10.3 Å². The molecule has 2 heterocycles. The van der Waals surface area contributed by atoms with Gasteiger partial charge in [-0.3, -0.25) is 4.98 Å². The first-order valence-electron chi connectivity index (χ1n) is 5.07. The molecule has 0 aliphatic carbocycles. The Hall–Kier alpha value is -2.37. The van der Waals surface area contributed by atoms with Gasteiger partial charge in [0.15, 0.2) is 0 Å². The van der Waals surface area contributed by atoms with Crippen molar-refractivity contribution in [2.45, 2.75) is 0 Å². The summed E-state index contributed by atoms with van der Waals surface area (Å²) in [6.45, 7) is 0. The Kier molecular flexibility index (Phi) is 1.91. The second-order valence-electron chi connectivity index (χ2n) is 3.73. The first-order chi connectivity index (χ1) is 8.19. The molecule has 0 saturated carbocycles. The minimum Gasteiger partial charge on any atom is -0.386 e. The first-order valence-corrected chi connectivity index (χ1v) is 5.07. The summed E-state index contributed by atoms with van der Waals surface area (Å²) in [5.74, 6) is -0.339. The molecule has 1 aromatic carbocycles. The number of fused-ring (bicyclic) bond motifs is 3. The average molecular weight is 232 g/mol. The summed E-state index contributed by atoms with van der Waals surface area (Å²) in [6, 6.07) is 2.80. The summed E-state index contributed by atoms with van der Waals surface area (Å²) in [5, 5.41) is 4.28. The van der Waals surface area contributed by atoms with E-state index in [-0.39, 0.29) is 5.82 Å². The summed E-state index contributed by atoms with van der Waals surface area (Å²) >= 11 is 0. The maximum atomic E-state index is 13.4. The van der Waals surface area contributed by atoms with Crippen molar-refractivity contribution in [3.8, 4) is 0 Å². The summed E-state index contributed by atoms with van der Waals surface area (Å²) < 4.78 is 13.4. The number of benzene rings is 1. The van der Waals surface area contributed by atoms with Gasteiger partial charge in [-0.2, -0.15) is 0 Å². The molecule has 17 heavy (non-hydrogen) atoms. The number of hydrogen-bond donors (Lipinski definition) is 3. The number of hydrogen-bond acceptors (Lipinski definition) is 3. The minimum atomic E-state index is -0.435. The third kappa shape index (κ3) is 1.37. The van der Waals surface area contributed by atoms with E-state index in [0.717, 1.165) is 5.52 Å². The molecule has 0 aliphatic heterocycles. The van der Waals surface area contributed by atoms with Crippen molar-refractivity contribution in [1.29, 1.82) is 0 Å². The lowest BCUT2D eigenvalue weighted by Gasteiger charge is -2.01. The Labute approximate surface area is 94.7 Å². The van der Waals surface area contributed by atoms with Crippen LogP contribution in [0.1, 0.15) is 0 Å². The van der Waals surface area contributed by atoms with Crippen molar-refractivity contribution in [3.05, 3.63) is 34.6 Å². The SMILES string of the molecule is CNc1cc(F)cc2c1[nH]c1[nH]c(=O)ncc12. The van der Waals surface area contributed by atoms with Crippen LogP contribution < -0.4 is 11.0 Å². The van der Waals surface area contributed by atoms with E-state index in [4.69, 9.17) is 0 Å². The van der Waals surface area contributed by atoms with E-state index >= 15 is 0 Å². The zero-order valence-corrected chi connectivity index (χ0v) is 8.97. The van der Waals surface area contributed by atoms with Crippen molar-refractivity contribution in [1.82, 2.24) is 15.0 Å². The quantitative estimate of drug-likeness (QED) is 0.596. The van der Waals surface area contributed by atoms with Gasteiger partial charge in [-0.1, -0.05) is 0 Å². The molecule has 0 amide bonds. The highest BCUT2D eigenvalue weighted by atomic mass is 19.1. The lowest BCUT2D eigenvalue weighted by Crippen LogP contribution is -2.07. The normalized spacial score (nSPS) is 11.2. The van der Waals surface area contributed by atoms with Crippen LogP contribution in [-0.4, -0.2) is 22.0 Å². The molecule has 3 rings (SSSR count). The van der Waals surface area contributed by atoms with E-state index in [0.29, 0.717) is 22.1 Å². The van der Waals surface area contributed by atoms with Crippen LogP contribution in [0.5, 0.6) is 0 Å². The predicted molar refractivity (Wildman–Crippen MR) is 63.7 cm³/mol. The number of nitrogens with one attached hydrogen (secondary N) is 3. The average Bonchev–Trinajstić information content (AvgIpc) is 2.65. The molecular formula is C11H9FN4O. The second-order valence-corrected chi connectivity index (χ2v) is 3.73. The van der Waals surface area contributed by atoms with Crippen LogP contribution >= 0.6 is 0 Å². The van der Waals surface area contributed by atoms with Gasteiger partial charge >= 0.3 is 5.69 Å². The van der Waals surface area contributed by atoms with Gasteiger partial charge in [-0.05, 0) is 12.1 Å². The number of aromatic amines is 2. The number of H-pyrrole nitrogens is 2. The zero-order valence-electron chi connectivity index (χ0n) is 8.97. The van der Waals surface area contributed by atoms with Gasteiger partial charge in [0.1, 0.15) is 11.5 Å². The van der Waals surface area contributed by atoms with Crippen molar-refractivity contribution in [3.63, 3.8) is 0 Å². The molecule has 2 aromatic heterocycles. The molecule has 3 aromatic rings. The van der Waals surface area contributed by atoms with Crippen molar-refractivity contribution in [2.75, 3.05) is 12.4 Å². The van der Waals surface area contributed by atoms with E-state index in [1.807, 2.05) is 0 Å². The Balaban J connectivity index is 2.55. The standard InChI is InChI=1S/C11H9FN4O/c1-13-8-3-5(12)2-6-7-4-14-11(17)16-10(7)15-9(6)8/h2-4,13H,1H3,(H2,14,15,16,17). The molecule has 0 saturated heterocycles. The molecule has 0 bridgehead atoms. The molecule has 5 nitrogen and oxygen atoms in total. The van der Waals surface area contributed by atoms with Gasteiger partial charge in [0.25, 0.3) is 0 Å². The fraction of sp³-hybridized carbons (Fsp3) is 0.0909. The Morgan fingerprint density at radius 2 is 2.12 bits per heavy atom. The molecule has 0 aliphatic rings. The number of nitrogens with zero attached hydrogens (tertiary/aromatic N) is 1. The molecular weight excluding hydrogens is 223 g/mol. The maximum absolute atomic E-state index is 13.4. The Morgan fingerprint density at radius 1 is 1.29 bits per heavy atom. The van der Waals surface area contributed by atoms with Crippen LogP contribution in [0.4, 0.5) is 10.1 Å². The van der Waals surface area contributed by atoms with Crippen LogP contribution in [0, 0.1) is 5.82 Å². The minimum absolute atomic E-state index is 0.339. The molecule has 6 heteroatoms. The van der Waals surface area contributed by atoms with Crippen LogP contribution in [0.25, 0.3) is 21.9 Å². The van der Waals surface area contributed by atoms with Crippen molar-refractivity contribution in [2.24, 2.45) is 0 Å².